The zero-order chi connectivity index (χ0) is 13.5. The van der Waals surface area contributed by atoms with Gasteiger partial charge in [0.25, 0.3) is 0 Å². The number of hydrogen-bond acceptors (Lipinski definition) is 6. The molecule has 0 aliphatic heterocycles. The van der Waals surface area contributed by atoms with Crippen molar-refractivity contribution in [3.8, 4) is 5.75 Å². The van der Waals surface area contributed by atoms with Crippen LogP contribution in [0.3, 0.4) is 0 Å². The molecule has 1 aromatic heterocycles. The molecule has 0 radical (unpaired) electrons. The Labute approximate surface area is 113 Å². The number of nitrogens with two attached hydrogens (primary N) is 1. The predicted octanol–water partition coefficient (Wildman–Crippen LogP) is 2.23. The van der Waals surface area contributed by atoms with E-state index in [2.05, 4.69) is 23.1 Å². The normalized spacial score (nSPS) is 10.9. The standard InChI is InChI=1S/C12H23N3O2S/c1-5-17-10-11(13)14-18-12(10)15(6-7-16-4)8-9(2)3/h9H,5-8H2,1-4H3,(H2,13,14). The fourth-order valence-electron chi connectivity index (χ4n) is 1.68. The minimum Gasteiger partial charge on any atom is -0.487 e. The molecule has 18 heavy (non-hydrogen) atoms. The maximum Gasteiger partial charge on any atom is 0.197 e. The summed E-state index contributed by atoms with van der Waals surface area (Å²) in [5.41, 5.74) is 5.84. The van der Waals surface area contributed by atoms with Crippen molar-refractivity contribution in [2.24, 2.45) is 5.92 Å². The number of nitrogens with zero attached hydrogens (tertiary/aromatic N) is 2. The third-order valence-corrected chi connectivity index (χ3v) is 3.29. The highest BCUT2D eigenvalue weighted by molar-refractivity contribution is 7.11. The first-order valence-electron chi connectivity index (χ1n) is 6.21. The molecule has 1 heterocycles. The zero-order valence-corrected chi connectivity index (χ0v) is 12.4. The minimum atomic E-state index is 0.475. The largest absolute Gasteiger partial charge is 0.487 e. The summed E-state index contributed by atoms with van der Waals surface area (Å²) in [7, 11) is 1.71. The highest BCUT2D eigenvalue weighted by Crippen LogP contribution is 2.38. The maximum absolute atomic E-state index is 5.84. The Kier molecular flexibility index (Phi) is 6.21. The molecule has 0 bridgehead atoms. The fraction of sp³-hybridized carbons (Fsp3) is 0.750. The lowest BCUT2D eigenvalue weighted by Gasteiger charge is -2.25. The number of aromatic nitrogens is 1. The van der Waals surface area contributed by atoms with Gasteiger partial charge < -0.3 is 20.1 Å². The number of rotatable bonds is 8. The van der Waals surface area contributed by atoms with Gasteiger partial charge in [0, 0.05) is 20.2 Å². The van der Waals surface area contributed by atoms with Gasteiger partial charge in [-0.15, -0.1) is 0 Å². The quantitative estimate of drug-likeness (QED) is 0.787. The molecule has 0 fully saturated rings. The van der Waals surface area contributed by atoms with Gasteiger partial charge in [-0.2, -0.15) is 4.37 Å². The van der Waals surface area contributed by atoms with Crippen molar-refractivity contribution in [2.75, 3.05) is 44.0 Å². The van der Waals surface area contributed by atoms with Crippen LogP contribution in [0.15, 0.2) is 0 Å². The summed E-state index contributed by atoms with van der Waals surface area (Å²) in [5, 5.41) is 1.00. The molecule has 0 aromatic carbocycles. The number of nitrogen functional groups attached to an aromatic ring is 1. The van der Waals surface area contributed by atoms with Crippen molar-refractivity contribution in [2.45, 2.75) is 20.8 Å². The van der Waals surface area contributed by atoms with E-state index >= 15 is 0 Å². The van der Waals surface area contributed by atoms with Crippen molar-refractivity contribution >= 4 is 22.4 Å². The van der Waals surface area contributed by atoms with E-state index in [1.165, 1.54) is 11.5 Å². The first kappa shape index (κ1) is 15.0. The van der Waals surface area contributed by atoms with E-state index in [1.807, 2.05) is 6.92 Å². The molecule has 1 rings (SSSR count). The number of methoxy groups -OCH3 is 1. The lowest BCUT2D eigenvalue weighted by atomic mass is 10.2. The molecule has 0 aliphatic carbocycles. The summed E-state index contributed by atoms with van der Waals surface area (Å²) in [6.07, 6.45) is 0. The molecule has 0 aliphatic rings. The second-order valence-electron chi connectivity index (χ2n) is 4.47. The molecular weight excluding hydrogens is 250 g/mol. The van der Waals surface area contributed by atoms with Crippen LogP contribution in [0, 0.1) is 5.92 Å². The molecule has 0 saturated heterocycles. The van der Waals surface area contributed by atoms with Gasteiger partial charge >= 0.3 is 0 Å². The second-order valence-corrected chi connectivity index (χ2v) is 5.22. The SMILES string of the molecule is CCOc1c(N)nsc1N(CCOC)CC(C)C. The Balaban J connectivity index is 2.88. The number of anilines is 2. The molecule has 0 unspecified atom stereocenters. The smallest absolute Gasteiger partial charge is 0.197 e. The highest BCUT2D eigenvalue weighted by atomic mass is 32.1. The van der Waals surface area contributed by atoms with Crippen LogP contribution in [0.4, 0.5) is 10.8 Å². The van der Waals surface area contributed by atoms with Gasteiger partial charge in [0.05, 0.1) is 13.2 Å². The molecule has 0 atom stereocenters. The van der Waals surface area contributed by atoms with E-state index in [0.717, 1.165) is 18.1 Å². The molecule has 104 valence electrons. The van der Waals surface area contributed by atoms with Crippen LogP contribution in [0.5, 0.6) is 5.75 Å². The molecular formula is C12H23N3O2S. The van der Waals surface area contributed by atoms with Crippen LogP contribution >= 0.6 is 11.5 Å². The summed E-state index contributed by atoms with van der Waals surface area (Å²) < 4.78 is 14.9. The summed E-state index contributed by atoms with van der Waals surface area (Å²) in [4.78, 5) is 2.23. The first-order chi connectivity index (χ1) is 8.60. The average molecular weight is 273 g/mol. The van der Waals surface area contributed by atoms with Crippen LogP contribution in [0.1, 0.15) is 20.8 Å². The summed E-state index contributed by atoms with van der Waals surface area (Å²) in [5.74, 6) is 1.74. The Hall–Kier alpha value is -1.01. The minimum absolute atomic E-state index is 0.475. The van der Waals surface area contributed by atoms with E-state index in [0.29, 0.717) is 30.7 Å². The average Bonchev–Trinajstić information content (AvgIpc) is 2.67. The number of hydrogen-bond donors (Lipinski definition) is 1. The van der Waals surface area contributed by atoms with E-state index < -0.39 is 0 Å². The van der Waals surface area contributed by atoms with Crippen molar-refractivity contribution in [3.63, 3.8) is 0 Å². The zero-order valence-electron chi connectivity index (χ0n) is 11.6. The number of ether oxygens (including phenoxy) is 2. The van der Waals surface area contributed by atoms with E-state index in [4.69, 9.17) is 15.2 Å². The molecule has 1 aromatic rings. The molecule has 0 saturated carbocycles. The highest BCUT2D eigenvalue weighted by Gasteiger charge is 2.19. The molecule has 0 amide bonds. The summed E-state index contributed by atoms with van der Waals surface area (Å²) in [6.45, 7) is 9.34. The van der Waals surface area contributed by atoms with Gasteiger partial charge in [-0.05, 0) is 24.4 Å². The van der Waals surface area contributed by atoms with Crippen molar-refractivity contribution in [3.05, 3.63) is 0 Å². The van der Waals surface area contributed by atoms with Gasteiger partial charge in [-0.3, -0.25) is 0 Å². The van der Waals surface area contributed by atoms with Gasteiger partial charge in [0.2, 0.25) is 0 Å². The van der Waals surface area contributed by atoms with E-state index in [-0.39, 0.29) is 0 Å². The third kappa shape index (κ3) is 4.03. The Morgan fingerprint density at radius 3 is 2.72 bits per heavy atom. The Bertz CT molecular complexity index is 355. The topological polar surface area (TPSA) is 60.6 Å². The third-order valence-electron chi connectivity index (χ3n) is 2.38. The second kappa shape index (κ2) is 7.43. The van der Waals surface area contributed by atoms with Crippen LogP contribution in [-0.2, 0) is 4.74 Å². The predicted molar refractivity (Wildman–Crippen MR) is 76.6 cm³/mol. The van der Waals surface area contributed by atoms with Crippen LogP contribution in [0.25, 0.3) is 0 Å². The van der Waals surface area contributed by atoms with Gasteiger partial charge in [0.15, 0.2) is 16.6 Å². The fourth-order valence-corrected chi connectivity index (χ4v) is 2.48. The monoisotopic (exact) mass is 273 g/mol. The Morgan fingerprint density at radius 1 is 1.44 bits per heavy atom. The molecule has 6 heteroatoms. The van der Waals surface area contributed by atoms with Crippen molar-refractivity contribution in [1.29, 1.82) is 0 Å². The van der Waals surface area contributed by atoms with Crippen LogP contribution in [-0.4, -0.2) is 37.8 Å². The lowest BCUT2D eigenvalue weighted by molar-refractivity contribution is 0.204. The summed E-state index contributed by atoms with van der Waals surface area (Å²) >= 11 is 1.39. The van der Waals surface area contributed by atoms with Crippen LogP contribution in [0.2, 0.25) is 0 Å². The van der Waals surface area contributed by atoms with Crippen LogP contribution < -0.4 is 15.4 Å². The molecule has 0 spiro atoms. The lowest BCUT2D eigenvalue weighted by Crippen LogP contribution is -2.30. The van der Waals surface area contributed by atoms with E-state index in [9.17, 15) is 0 Å². The molecule has 2 N–H and O–H groups in total. The van der Waals surface area contributed by atoms with Crippen molar-refractivity contribution in [1.82, 2.24) is 4.37 Å². The molecule has 5 nitrogen and oxygen atoms in total. The summed E-state index contributed by atoms with van der Waals surface area (Å²) in [6, 6.07) is 0. The first-order valence-corrected chi connectivity index (χ1v) is 6.99. The maximum atomic E-state index is 5.84. The van der Waals surface area contributed by atoms with Gasteiger partial charge in [-0.25, -0.2) is 0 Å². The van der Waals surface area contributed by atoms with Gasteiger partial charge in [-0.1, -0.05) is 13.8 Å². The van der Waals surface area contributed by atoms with Crippen molar-refractivity contribution < 1.29 is 9.47 Å². The Morgan fingerprint density at radius 2 is 2.17 bits per heavy atom. The van der Waals surface area contributed by atoms with Gasteiger partial charge in [0.1, 0.15) is 0 Å². The van der Waals surface area contributed by atoms with E-state index in [1.54, 1.807) is 7.11 Å².